The van der Waals surface area contributed by atoms with E-state index in [9.17, 15) is 5.11 Å². The molecule has 1 aromatic rings. The van der Waals surface area contributed by atoms with Gasteiger partial charge in [-0.15, -0.1) is 0 Å². The molecule has 2 unspecified atom stereocenters. The molecule has 3 heteroatoms. The summed E-state index contributed by atoms with van der Waals surface area (Å²) in [6, 6.07) is 6.83. The maximum atomic E-state index is 10.1. The Hall–Kier alpha value is -0.900. The molecule has 2 N–H and O–H groups in total. The van der Waals surface area contributed by atoms with Crippen molar-refractivity contribution >= 4 is 0 Å². The Morgan fingerprint density at radius 2 is 1.95 bits per heavy atom. The summed E-state index contributed by atoms with van der Waals surface area (Å²) in [6.45, 7) is 10.2. The van der Waals surface area contributed by atoms with Gasteiger partial charge in [0.15, 0.2) is 0 Å². The average molecular weight is 276 g/mol. The van der Waals surface area contributed by atoms with Crippen LogP contribution in [-0.4, -0.2) is 42.3 Å². The van der Waals surface area contributed by atoms with Crippen LogP contribution in [0, 0.1) is 13.8 Å². The molecule has 112 valence electrons. The monoisotopic (exact) mass is 276 g/mol. The van der Waals surface area contributed by atoms with E-state index in [0.717, 1.165) is 19.6 Å². The summed E-state index contributed by atoms with van der Waals surface area (Å²) in [5.74, 6) is 0. The first kappa shape index (κ1) is 15.5. The molecule has 1 aliphatic rings. The number of nitrogens with one attached hydrogen (secondary N) is 1. The van der Waals surface area contributed by atoms with Crippen LogP contribution in [0.5, 0.6) is 0 Å². The quantitative estimate of drug-likeness (QED) is 0.837. The Morgan fingerprint density at radius 1 is 1.25 bits per heavy atom. The first-order valence-electron chi connectivity index (χ1n) is 7.77. The molecule has 20 heavy (non-hydrogen) atoms. The van der Waals surface area contributed by atoms with Crippen LogP contribution in [0.2, 0.25) is 0 Å². The van der Waals surface area contributed by atoms with E-state index in [4.69, 9.17) is 0 Å². The number of nitrogens with zero attached hydrogens (tertiary/aromatic N) is 1. The van der Waals surface area contributed by atoms with Crippen molar-refractivity contribution in [2.75, 3.05) is 26.2 Å². The molecule has 0 aromatic heterocycles. The van der Waals surface area contributed by atoms with Crippen molar-refractivity contribution in [1.82, 2.24) is 10.2 Å². The molecule has 2 atom stereocenters. The van der Waals surface area contributed by atoms with E-state index in [0.29, 0.717) is 6.54 Å². The number of aliphatic hydroxyl groups is 1. The predicted molar refractivity (Wildman–Crippen MR) is 84.0 cm³/mol. The molecule has 1 aromatic carbocycles. The molecule has 1 heterocycles. The largest absolute Gasteiger partial charge is 0.390 e. The lowest BCUT2D eigenvalue weighted by atomic mass is 10.00. The maximum Gasteiger partial charge on any atom is 0.0791 e. The second kappa shape index (κ2) is 7.21. The van der Waals surface area contributed by atoms with Gasteiger partial charge in [0.05, 0.1) is 6.10 Å². The third kappa shape index (κ3) is 4.30. The van der Waals surface area contributed by atoms with Crippen LogP contribution in [0.15, 0.2) is 18.2 Å². The van der Waals surface area contributed by atoms with Crippen molar-refractivity contribution in [1.29, 1.82) is 0 Å². The number of benzene rings is 1. The zero-order valence-corrected chi connectivity index (χ0v) is 13.0. The normalized spacial score (nSPS) is 19.2. The molecule has 0 radical (unpaired) electrons. The molecule has 0 amide bonds. The van der Waals surface area contributed by atoms with Crippen molar-refractivity contribution in [2.24, 2.45) is 0 Å². The smallest absolute Gasteiger partial charge is 0.0791 e. The minimum Gasteiger partial charge on any atom is -0.390 e. The summed E-state index contributed by atoms with van der Waals surface area (Å²) in [4.78, 5) is 2.36. The SMILES string of the molecule is Cc1ccc(C)c(C(C)NCC(O)CN2CCCC2)c1. The van der Waals surface area contributed by atoms with Gasteiger partial charge >= 0.3 is 0 Å². The number of β-amino-alcohol motifs (C(OH)–C–C–N with tert-alkyl or cyclic N) is 1. The van der Waals surface area contributed by atoms with Gasteiger partial charge in [-0.25, -0.2) is 0 Å². The van der Waals surface area contributed by atoms with Gasteiger partial charge < -0.3 is 15.3 Å². The molecule has 0 aliphatic carbocycles. The first-order valence-corrected chi connectivity index (χ1v) is 7.77. The Morgan fingerprint density at radius 3 is 2.65 bits per heavy atom. The molecular formula is C17H28N2O. The van der Waals surface area contributed by atoms with Gasteiger partial charge in [-0.3, -0.25) is 0 Å². The lowest BCUT2D eigenvalue weighted by Gasteiger charge is -2.22. The molecule has 1 saturated heterocycles. The van der Waals surface area contributed by atoms with Gasteiger partial charge in [0, 0.05) is 19.1 Å². The number of rotatable bonds is 6. The summed E-state index contributed by atoms with van der Waals surface area (Å²) in [5.41, 5.74) is 3.93. The molecule has 2 rings (SSSR count). The molecule has 1 aliphatic heterocycles. The number of likely N-dealkylation sites (tertiary alicyclic amines) is 1. The lowest BCUT2D eigenvalue weighted by Crippen LogP contribution is -2.38. The highest BCUT2D eigenvalue weighted by Gasteiger charge is 2.16. The fraction of sp³-hybridized carbons (Fsp3) is 0.647. The molecule has 0 saturated carbocycles. The van der Waals surface area contributed by atoms with E-state index in [1.165, 1.54) is 29.5 Å². The van der Waals surface area contributed by atoms with Crippen LogP contribution in [0.4, 0.5) is 0 Å². The van der Waals surface area contributed by atoms with Crippen LogP contribution < -0.4 is 5.32 Å². The maximum absolute atomic E-state index is 10.1. The van der Waals surface area contributed by atoms with Gasteiger partial charge in [0.25, 0.3) is 0 Å². The number of hydrogen-bond donors (Lipinski definition) is 2. The van der Waals surface area contributed by atoms with Crippen molar-refractivity contribution in [3.8, 4) is 0 Å². The van der Waals surface area contributed by atoms with Gasteiger partial charge in [-0.2, -0.15) is 0 Å². The second-order valence-corrected chi connectivity index (χ2v) is 6.15. The van der Waals surface area contributed by atoms with E-state index in [2.05, 4.69) is 49.2 Å². The summed E-state index contributed by atoms with van der Waals surface area (Å²) < 4.78 is 0. The fourth-order valence-electron chi connectivity index (χ4n) is 2.98. The summed E-state index contributed by atoms with van der Waals surface area (Å²) in [6.07, 6.45) is 2.28. The topological polar surface area (TPSA) is 35.5 Å². The highest BCUT2D eigenvalue weighted by molar-refractivity contribution is 5.32. The van der Waals surface area contributed by atoms with Gasteiger partial charge in [0.1, 0.15) is 0 Å². The highest BCUT2D eigenvalue weighted by atomic mass is 16.3. The lowest BCUT2D eigenvalue weighted by molar-refractivity contribution is 0.121. The van der Waals surface area contributed by atoms with Crippen molar-refractivity contribution < 1.29 is 5.11 Å². The second-order valence-electron chi connectivity index (χ2n) is 6.15. The summed E-state index contributed by atoms with van der Waals surface area (Å²) in [5, 5.41) is 13.6. The van der Waals surface area contributed by atoms with Crippen molar-refractivity contribution in [2.45, 2.75) is 45.8 Å². The standard InChI is InChI=1S/C17H28N2O/c1-13-6-7-14(2)17(10-13)15(3)18-11-16(20)12-19-8-4-5-9-19/h6-7,10,15-16,18,20H,4-5,8-9,11-12H2,1-3H3. The van der Waals surface area contributed by atoms with Gasteiger partial charge in [-0.05, 0) is 57.8 Å². The van der Waals surface area contributed by atoms with Crippen LogP contribution in [0.25, 0.3) is 0 Å². The van der Waals surface area contributed by atoms with Crippen LogP contribution >= 0.6 is 0 Å². The summed E-state index contributed by atoms with van der Waals surface area (Å²) in [7, 11) is 0. The molecule has 0 bridgehead atoms. The van der Waals surface area contributed by atoms with E-state index in [-0.39, 0.29) is 12.1 Å². The third-order valence-electron chi connectivity index (χ3n) is 4.23. The molecule has 0 spiro atoms. The van der Waals surface area contributed by atoms with Crippen molar-refractivity contribution in [3.63, 3.8) is 0 Å². The van der Waals surface area contributed by atoms with Crippen LogP contribution in [0.1, 0.15) is 42.5 Å². The highest BCUT2D eigenvalue weighted by Crippen LogP contribution is 2.18. The zero-order valence-electron chi connectivity index (χ0n) is 13.0. The van der Waals surface area contributed by atoms with Crippen LogP contribution in [-0.2, 0) is 0 Å². The first-order chi connectivity index (χ1) is 9.56. The Balaban J connectivity index is 1.81. The van der Waals surface area contributed by atoms with Crippen molar-refractivity contribution in [3.05, 3.63) is 34.9 Å². The number of aryl methyl sites for hydroxylation is 2. The van der Waals surface area contributed by atoms with Gasteiger partial charge in [0.2, 0.25) is 0 Å². The Labute approximate surface area is 123 Å². The Bertz CT molecular complexity index is 427. The molecule has 3 nitrogen and oxygen atoms in total. The Kier molecular flexibility index (Phi) is 5.58. The zero-order chi connectivity index (χ0) is 14.5. The number of aliphatic hydroxyl groups excluding tert-OH is 1. The van der Waals surface area contributed by atoms with Crippen LogP contribution in [0.3, 0.4) is 0 Å². The van der Waals surface area contributed by atoms with E-state index in [1.807, 2.05) is 0 Å². The fourth-order valence-corrected chi connectivity index (χ4v) is 2.98. The number of hydrogen-bond acceptors (Lipinski definition) is 3. The van der Waals surface area contributed by atoms with E-state index in [1.54, 1.807) is 0 Å². The minimum absolute atomic E-state index is 0.277. The minimum atomic E-state index is -0.277. The van der Waals surface area contributed by atoms with E-state index < -0.39 is 0 Å². The average Bonchev–Trinajstić information content (AvgIpc) is 2.91. The predicted octanol–water partition coefficient (Wildman–Crippen LogP) is 2.41. The third-order valence-corrected chi connectivity index (χ3v) is 4.23. The van der Waals surface area contributed by atoms with Gasteiger partial charge in [-0.1, -0.05) is 23.8 Å². The molecule has 1 fully saturated rings. The molecular weight excluding hydrogens is 248 g/mol. The summed E-state index contributed by atoms with van der Waals surface area (Å²) >= 11 is 0. The van der Waals surface area contributed by atoms with E-state index >= 15 is 0 Å².